The standard InChI is InChI=1S/C21H19N5O/c1-2-5-15(6-3-1)14-26-11-12-27-19-13-16(8-9-18(19)26)23-21-20-17(24-25-21)7-4-10-22-20/h1-10,13H,11-12,14H2,(H2,23,24,25). The van der Waals surface area contributed by atoms with Crippen LogP contribution in [0.5, 0.6) is 5.75 Å². The van der Waals surface area contributed by atoms with Crippen molar-refractivity contribution >= 4 is 28.2 Å². The van der Waals surface area contributed by atoms with Gasteiger partial charge in [-0.3, -0.25) is 10.1 Å². The van der Waals surface area contributed by atoms with Gasteiger partial charge in [-0.15, -0.1) is 0 Å². The van der Waals surface area contributed by atoms with Crippen LogP contribution in [0.25, 0.3) is 11.0 Å². The summed E-state index contributed by atoms with van der Waals surface area (Å²) in [6.07, 6.45) is 1.76. The molecular formula is C21H19N5O. The number of rotatable bonds is 4. The molecule has 0 amide bonds. The number of aromatic amines is 1. The predicted octanol–water partition coefficient (Wildman–Crippen LogP) is 4.10. The van der Waals surface area contributed by atoms with Crippen LogP contribution in [0.3, 0.4) is 0 Å². The molecule has 6 nitrogen and oxygen atoms in total. The molecule has 0 radical (unpaired) electrons. The molecule has 4 aromatic rings. The van der Waals surface area contributed by atoms with Crippen molar-refractivity contribution in [2.45, 2.75) is 6.54 Å². The van der Waals surface area contributed by atoms with Gasteiger partial charge in [0.05, 0.1) is 17.7 Å². The lowest BCUT2D eigenvalue weighted by Crippen LogP contribution is -2.32. The monoisotopic (exact) mass is 357 g/mol. The van der Waals surface area contributed by atoms with E-state index < -0.39 is 0 Å². The van der Waals surface area contributed by atoms with E-state index in [0.29, 0.717) is 12.4 Å². The molecule has 27 heavy (non-hydrogen) atoms. The summed E-state index contributed by atoms with van der Waals surface area (Å²) in [4.78, 5) is 6.74. The van der Waals surface area contributed by atoms with Crippen molar-refractivity contribution in [1.29, 1.82) is 0 Å². The maximum atomic E-state index is 5.91. The summed E-state index contributed by atoms with van der Waals surface area (Å²) in [5, 5.41) is 10.7. The molecule has 0 bridgehead atoms. The van der Waals surface area contributed by atoms with E-state index in [1.165, 1.54) is 5.56 Å². The van der Waals surface area contributed by atoms with E-state index in [1.54, 1.807) is 6.20 Å². The lowest BCUT2D eigenvalue weighted by Gasteiger charge is -2.31. The first kappa shape index (κ1) is 15.7. The first-order chi connectivity index (χ1) is 13.4. The summed E-state index contributed by atoms with van der Waals surface area (Å²) >= 11 is 0. The third-order valence-electron chi connectivity index (χ3n) is 4.72. The fourth-order valence-electron chi connectivity index (χ4n) is 3.40. The highest BCUT2D eigenvalue weighted by molar-refractivity contribution is 5.87. The van der Waals surface area contributed by atoms with Gasteiger partial charge in [-0.25, -0.2) is 0 Å². The van der Waals surface area contributed by atoms with Crippen LogP contribution in [-0.2, 0) is 6.54 Å². The molecule has 2 aromatic heterocycles. The number of pyridine rings is 1. The van der Waals surface area contributed by atoms with E-state index in [9.17, 15) is 0 Å². The average Bonchev–Trinajstić information content (AvgIpc) is 3.12. The molecule has 3 heterocycles. The lowest BCUT2D eigenvalue weighted by atomic mass is 10.1. The Morgan fingerprint density at radius 1 is 1.07 bits per heavy atom. The van der Waals surface area contributed by atoms with Gasteiger partial charge in [0.2, 0.25) is 0 Å². The van der Waals surface area contributed by atoms with Crippen LogP contribution in [0.4, 0.5) is 17.2 Å². The van der Waals surface area contributed by atoms with Crippen LogP contribution in [-0.4, -0.2) is 28.3 Å². The summed E-state index contributed by atoms with van der Waals surface area (Å²) < 4.78 is 5.91. The number of fused-ring (bicyclic) bond motifs is 2. The maximum Gasteiger partial charge on any atom is 0.178 e. The minimum Gasteiger partial charge on any atom is -0.489 e. The Labute approximate surface area is 156 Å². The second kappa shape index (κ2) is 6.64. The van der Waals surface area contributed by atoms with Gasteiger partial charge < -0.3 is 15.0 Å². The Morgan fingerprint density at radius 3 is 2.93 bits per heavy atom. The quantitative estimate of drug-likeness (QED) is 0.576. The van der Waals surface area contributed by atoms with Crippen molar-refractivity contribution < 1.29 is 4.74 Å². The van der Waals surface area contributed by atoms with Crippen molar-refractivity contribution in [3.8, 4) is 5.75 Å². The van der Waals surface area contributed by atoms with Crippen molar-refractivity contribution in [3.05, 3.63) is 72.4 Å². The molecule has 6 heteroatoms. The van der Waals surface area contributed by atoms with Gasteiger partial charge in [-0.05, 0) is 29.8 Å². The third kappa shape index (κ3) is 3.06. The highest BCUT2D eigenvalue weighted by Crippen LogP contribution is 2.36. The minimum absolute atomic E-state index is 0.677. The number of benzene rings is 2. The Morgan fingerprint density at radius 2 is 2.00 bits per heavy atom. The van der Waals surface area contributed by atoms with Crippen LogP contribution >= 0.6 is 0 Å². The van der Waals surface area contributed by atoms with Crippen LogP contribution in [0.15, 0.2) is 66.9 Å². The van der Waals surface area contributed by atoms with E-state index in [2.05, 4.69) is 61.8 Å². The average molecular weight is 357 g/mol. The van der Waals surface area contributed by atoms with Gasteiger partial charge in [0.25, 0.3) is 0 Å². The van der Waals surface area contributed by atoms with E-state index >= 15 is 0 Å². The van der Waals surface area contributed by atoms with Crippen LogP contribution in [0.1, 0.15) is 5.56 Å². The van der Waals surface area contributed by atoms with E-state index in [0.717, 1.165) is 41.2 Å². The van der Waals surface area contributed by atoms with Crippen molar-refractivity contribution in [3.63, 3.8) is 0 Å². The molecule has 0 atom stereocenters. The Hall–Kier alpha value is -3.54. The second-order valence-electron chi connectivity index (χ2n) is 6.53. The highest BCUT2D eigenvalue weighted by Gasteiger charge is 2.19. The van der Waals surface area contributed by atoms with Gasteiger partial charge in [-0.2, -0.15) is 5.10 Å². The summed E-state index contributed by atoms with van der Waals surface area (Å²) in [5.41, 5.74) is 5.06. The van der Waals surface area contributed by atoms with E-state index in [1.807, 2.05) is 24.3 Å². The number of aromatic nitrogens is 3. The highest BCUT2D eigenvalue weighted by atomic mass is 16.5. The largest absolute Gasteiger partial charge is 0.489 e. The van der Waals surface area contributed by atoms with Gasteiger partial charge >= 0.3 is 0 Å². The topological polar surface area (TPSA) is 66.1 Å². The van der Waals surface area contributed by atoms with Crippen molar-refractivity contribution in [2.24, 2.45) is 0 Å². The summed E-state index contributed by atoms with van der Waals surface area (Å²) in [5.74, 6) is 1.59. The first-order valence-electron chi connectivity index (χ1n) is 8.99. The molecular weight excluding hydrogens is 338 g/mol. The molecule has 0 aliphatic carbocycles. The zero-order valence-electron chi connectivity index (χ0n) is 14.7. The Balaban J connectivity index is 1.41. The molecule has 1 aliphatic rings. The Kier molecular flexibility index (Phi) is 3.86. The normalized spacial score (nSPS) is 13.3. The smallest absolute Gasteiger partial charge is 0.178 e. The molecule has 0 fully saturated rings. The molecule has 5 rings (SSSR count). The Bertz CT molecular complexity index is 1080. The molecule has 1 aliphatic heterocycles. The SMILES string of the molecule is c1ccc(CN2CCOc3cc(Nc4n[nH]c5cccnc45)ccc32)cc1. The van der Waals surface area contributed by atoms with E-state index in [-0.39, 0.29) is 0 Å². The maximum absolute atomic E-state index is 5.91. The van der Waals surface area contributed by atoms with Gasteiger partial charge in [-0.1, -0.05) is 30.3 Å². The molecule has 2 N–H and O–H groups in total. The molecule has 134 valence electrons. The van der Waals surface area contributed by atoms with Gasteiger partial charge in [0, 0.05) is 24.5 Å². The summed E-state index contributed by atoms with van der Waals surface area (Å²) in [6, 6.07) is 20.5. The number of ether oxygens (including phenoxy) is 1. The predicted molar refractivity (Wildman–Crippen MR) is 107 cm³/mol. The van der Waals surface area contributed by atoms with Gasteiger partial charge in [0.1, 0.15) is 17.9 Å². The fraction of sp³-hybridized carbons (Fsp3) is 0.143. The van der Waals surface area contributed by atoms with E-state index in [4.69, 9.17) is 4.74 Å². The third-order valence-corrected chi connectivity index (χ3v) is 4.72. The van der Waals surface area contributed by atoms with Crippen molar-refractivity contribution in [1.82, 2.24) is 15.2 Å². The number of hydrogen-bond donors (Lipinski definition) is 2. The second-order valence-corrected chi connectivity index (χ2v) is 6.53. The zero-order chi connectivity index (χ0) is 18.1. The molecule has 0 saturated heterocycles. The number of H-pyrrole nitrogens is 1. The molecule has 0 spiro atoms. The zero-order valence-corrected chi connectivity index (χ0v) is 14.7. The lowest BCUT2D eigenvalue weighted by molar-refractivity contribution is 0.307. The van der Waals surface area contributed by atoms with Crippen LogP contribution in [0, 0.1) is 0 Å². The van der Waals surface area contributed by atoms with Crippen LogP contribution < -0.4 is 15.0 Å². The first-order valence-corrected chi connectivity index (χ1v) is 8.99. The number of nitrogens with zero attached hydrogens (tertiary/aromatic N) is 3. The van der Waals surface area contributed by atoms with Crippen LogP contribution in [0.2, 0.25) is 0 Å². The molecule has 0 saturated carbocycles. The summed E-state index contributed by atoms with van der Waals surface area (Å²) in [6.45, 7) is 2.43. The summed E-state index contributed by atoms with van der Waals surface area (Å²) in [7, 11) is 0. The molecule has 2 aromatic carbocycles. The number of hydrogen-bond acceptors (Lipinski definition) is 5. The minimum atomic E-state index is 0.677. The number of nitrogens with one attached hydrogen (secondary N) is 2. The number of anilines is 3. The van der Waals surface area contributed by atoms with Crippen molar-refractivity contribution in [2.75, 3.05) is 23.4 Å². The van der Waals surface area contributed by atoms with Gasteiger partial charge in [0.15, 0.2) is 5.82 Å². The molecule has 0 unspecified atom stereocenters. The fourth-order valence-corrected chi connectivity index (χ4v) is 3.40.